The third kappa shape index (κ3) is 6.73. The Bertz CT molecular complexity index is 1340. The number of amides is 1. The van der Waals surface area contributed by atoms with Crippen molar-refractivity contribution in [2.45, 2.75) is 26.8 Å². The molecule has 0 saturated carbocycles. The molecule has 1 aliphatic heterocycles. The number of hydrogen-bond acceptors (Lipinski definition) is 9. The first-order valence-electron chi connectivity index (χ1n) is 12.3. The molecule has 0 aromatic carbocycles. The van der Waals surface area contributed by atoms with E-state index >= 15 is 0 Å². The van der Waals surface area contributed by atoms with Gasteiger partial charge in [0, 0.05) is 61.6 Å². The van der Waals surface area contributed by atoms with Gasteiger partial charge in [0.05, 0.1) is 23.1 Å². The topological polar surface area (TPSA) is 111 Å². The van der Waals surface area contributed by atoms with Gasteiger partial charge in [0.25, 0.3) is 5.91 Å². The van der Waals surface area contributed by atoms with Gasteiger partial charge < -0.3 is 20.4 Å². The van der Waals surface area contributed by atoms with Gasteiger partial charge >= 0.3 is 0 Å². The molecule has 3 aromatic rings. The largest absolute Gasteiger partial charge is 0.367 e. The number of carbonyl (C=O) groups is 1. The first-order chi connectivity index (χ1) is 17.8. The lowest BCUT2D eigenvalue weighted by Gasteiger charge is -2.33. The predicted molar refractivity (Wildman–Crippen MR) is 150 cm³/mol. The molecule has 0 bridgehead atoms. The van der Waals surface area contributed by atoms with Crippen LogP contribution in [0.3, 0.4) is 0 Å². The summed E-state index contributed by atoms with van der Waals surface area (Å²) in [7, 11) is 2.11. The van der Waals surface area contributed by atoms with Gasteiger partial charge in [-0.15, -0.1) is 0 Å². The molecule has 10 heteroatoms. The average Bonchev–Trinajstić information content (AvgIpc) is 2.88. The number of hydrogen-bond donors (Lipinski definition) is 2. The summed E-state index contributed by atoms with van der Waals surface area (Å²) in [5.41, 5.74) is 2.67. The van der Waals surface area contributed by atoms with Crippen LogP contribution in [0, 0.1) is 0 Å². The summed E-state index contributed by atoms with van der Waals surface area (Å²) < 4.78 is 0. The quantitative estimate of drug-likeness (QED) is 0.457. The number of pyridine rings is 3. The normalized spacial score (nSPS) is 15.2. The summed E-state index contributed by atoms with van der Waals surface area (Å²) >= 11 is 0. The third-order valence-corrected chi connectivity index (χ3v) is 5.96. The van der Waals surface area contributed by atoms with Crippen LogP contribution in [0.2, 0.25) is 0 Å². The van der Waals surface area contributed by atoms with E-state index in [-0.39, 0.29) is 11.9 Å². The van der Waals surface area contributed by atoms with Gasteiger partial charge in [0.2, 0.25) is 0 Å². The molecule has 1 fully saturated rings. The smallest absolute Gasteiger partial charge is 0.257 e. The zero-order valence-electron chi connectivity index (χ0n) is 21.8. The summed E-state index contributed by atoms with van der Waals surface area (Å²) in [5.74, 6) is 1.60. The Hall–Kier alpha value is -4.18. The summed E-state index contributed by atoms with van der Waals surface area (Å²) in [6.07, 6.45) is 4.95. The zero-order chi connectivity index (χ0) is 26.4. The minimum Gasteiger partial charge on any atom is -0.367 e. The number of rotatable bonds is 8. The van der Waals surface area contributed by atoms with Crippen molar-refractivity contribution >= 4 is 40.9 Å². The molecule has 0 radical (unpaired) electrons. The molecule has 0 spiro atoms. The van der Waals surface area contributed by atoms with E-state index in [2.05, 4.69) is 54.2 Å². The standard InChI is InChI=1S/C27H33N9O/c1-18(2)31-25(17-28-4)32-19(3)22-7-6-21-16-30-24(15-23(21)33-22)34-27(37)20-8-9-29-26(14-20)36-12-10-35(5)11-13-36/h6-9,14-18,31H,4,10-13H2,1-3,5H3,(H,30,34,37)/b25-17-,32-19?. The highest BCUT2D eigenvalue weighted by Gasteiger charge is 2.17. The van der Waals surface area contributed by atoms with E-state index in [4.69, 9.17) is 4.98 Å². The number of anilines is 2. The fourth-order valence-corrected chi connectivity index (χ4v) is 3.96. The lowest BCUT2D eigenvalue weighted by molar-refractivity contribution is 0.102. The second kappa shape index (κ2) is 11.7. The van der Waals surface area contributed by atoms with Gasteiger partial charge in [-0.25, -0.2) is 19.9 Å². The maximum atomic E-state index is 13.0. The second-order valence-electron chi connectivity index (χ2n) is 9.30. The first kappa shape index (κ1) is 25.9. The molecule has 0 unspecified atom stereocenters. The van der Waals surface area contributed by atoms with Gasteiger partial charge in [-0.05, 0) is 58.8 Å². The Balaban J connectivity index is 1.52. The van der Waals surface area contributed by atoms with Crippen LogP contribution in [0.25, 0.3) is 10.9 Å². The summed E-state index contributed by atoms with van der Waals surface area (Å²) in [6.45, 7) is 13.2. The van der Waals surface area contributed by atoms with Crippen molar-refractivity contribution < 1.29 is 4.79 Å². The van der Waals surface area contributed by atoms with E-state index in [9.17, 15) is 4.79 Å². The van der Waals surface area contributed by atoms with E-state index in [1.54, 1.807) is 30.7 Å². The Kier molecular flexibility index (Phi) is 8.19. The van der Waals surface area contributed by atoms with Crippen LogP contribution in [0.1, 0.15) is 36.8 Å². The van der Waals surface area contributed by atoms with E-state index in [1.165, 1.54) is 0 Å². The van der Waals surface area contributed by atoms with Gasteiger partial charge in [-0.3, -0.25) is 9.79 Å². The van der Waals surface area contributed by atoms with Gasteiger partial charge in [0.15, 0.2) is 0 Å². The lowest BCUT2D eigenvalue weighted by Crippen LogP contribution is -2.44. The molecule has 0 aliphatic carbocycles. The third-order valence-electron chi connectivity index (χ3n) is 5.96. The number of nitrogens with one attached hydrogen (secondary N) is 2. The molecule has 0 atom stereocenters. The van der Waals surface area contributed by atoms with Gasteiger partial charge in [-0.1, -0.05) is 0 Å². The minimum absolute atomic E-state index is 0.199. The molecule has 2 N–H and O–H groups in total. The second-order valence-corrected chi connectivity index (χ2v) is 9.30. The Morgan fingerprint density at radius 1 is 1.14 bits per heavy atom. The molecular weight excluding hydrogens is 466 g/mol. The van der Waals surface area contributed by atoms with Crippen LogP contribution >= 0.6 is 0 Å². The molecule has 3 aromatic heterocycles. The fraction of sp³-hybridized carbons (Fsp3) is 0.333. The Labute approximate surface area is 217 Å². The van der Waals surface area contributed by atoms with Crippen LogP contribution in [-0.2, 0) is 0 Å². The number of aliphatic imine (C=N–C) groups is 2. The Morgan fingerprint density at radius 2 is 1.92 bits per heavy atom. The van der Waals surface area contributed by atoms with Crippen molar-refractivity contribution in [1.29, 1.82) is 0 Å². The fourth-order valence-electron chi connectivity index (χ4n) is 3.96. The van der Waals surface area contributed by atoms with E-state index in [0.29, 0.717) is 28.4 Å². The van der Waals surface area contributed by atoms with E-state index in [1.807, 2.05) is 39.0 Å². The van der Waals surface area contributed by atoms with E-state index in [0.717, 1.165) is 43.1 Å². The monoisotopic (exact) mass is 499 g/mol. The van der Waals surface area contributed by atoms with E-state index < -0.39 is 0 Å². The summed E-state index contributed by atoms with van der Waals surface area (Å²) in [4.78, 5) is 39.5. The van der Waals surface area contributed by atoms with Crippen LogP contribution in [0.4, 0.5) is 11.6 Å². The number of aromatic nitrogens is 3. The maximum absolute atomic E-state index is 13.0. The molecule has 10 nitrogen and oxygen atoms in total. The number of fused-ring (bicyclic) bond motifs is 1. The summed E-state index contributed by atoms with van der Waals surface area (Å²) in [5, 5.41) is 6.99. The molecule has 192 valence electrons. The molecule has 1 amide bonds. The van der Waals surface area contributed by atoms with Crippen molar-refractivity contribution in [2.24, 2.45) is 9.98 Å². The highest BCUT2D eigenvalue weighted by atomic mass is 16.1. The average molecular weight is 500 g/mol. The molecular formula is C27H33N9O. The van der Waals surface area contributed by atoms with Gasteiger partial charge in [-0.2, -0.15) is 0 Å². The number of nitrogens with zero attached hydrogens (tertiary/aromatic N) is 7. The maximum Gasteiger partial charge on any atom is 0.257 e. The molecule has 4 rings (SSSR count). The SMILES string of the molecule is C=N/C=C(\N=C(C)c1ccc2cnc(NC(=O)c3ccnc(N4CCN(C)CC4)c3)cc2n1)NC(C)C. The van der Waals surface area contributed by atoms with Crippen molar-refractivity contribution in [3.05, 3.63) is 66.0 Å². The van der Waals surface area contributed by atoms with Crippen molar-refractivity contribution in [2.75, 3.05) is 43.4 Å². The van der Waals surface area contributed by atoms with Gasteiger partial charge in [0.1, 0.15) is 17.5 Å². The Morgan fingerprint density at radius 3 is 2.65 bits per heavy atom. The van der Waals surface area contributed by atoms with Crippen molar-refractivity contribution in [1.82, 2.24) is 25.2 Å². The van der Waals surface area contributed by atoms with Crippen molar-refractivity contribution in [3.8, 4) is 0 Å². The zero-order valence-corrected chi connectivity index (χ0v) is 21.8. The number of piperazine rings is 1. The van der Waals surface area contributed by atoms with Crippen LogP contribution in [0.5, 0.6) is 0 Å². The number of carbonyl (C=O) groups excluding carboxylic acids is 1. The minimum atomic E-state index is -0.245. The number of likely N-dealkylation sites (N-methyl/N-ethyl adjacent to an activating group) is 1. The lowest BCUT2D eigenvalue weighted by atomic mass is 10.2. The van der Waals surface area contributed by atoms with Crippen molar-refractivity contribution in [3.63, 3.8) is 0 Å². The molecule has 1 aliphatic rings. The highest BCUT2D eigenvalue weighted by molar-refractivity contribution is 6.05. The molecule has 37 heavy (non-hydrogen) atoms. The van der Waals surface area contributed by atoms with Crippen LogP contribution in [0.15, 0.2) is 64.7 Å². The predicted octanol–water partition coefficient (Wildman–Crippen LogP) is 3.34. The molecule has 4 heterocycles. The molecule has 1 saturated heterocycles. The van der Waals surface area contributed by atoms with Crippen LogP contribution in [-0.4, -0.2) is 77.5 Å². The van der Waals surface area contributed by atoms with Crippen LogP contribution < -0.4 is 15.5 Å². The first-order valence-corrected chi connectivity index (χ1v) is 12.3. The summed E-state index contributed by atoms with van der Waals surface area (Å²) in [6, 6.07) is 9.33. The highest BCUT2D eigenvalue weighted by Crippen LogP contribution is 2.19.